The number of carboxylic acids is 1. The van der Waals surface area contributed by atoms with Crippen molar-refractivity contribution in [2.45, 2.75) is 51.9 Å². The maximum absolute atomic E-state index is 12.3. The van der Waals surface area contributed by atoms with E-state index in [2.05, 4.69) is 159 Å². The molecule has 7 aromatic carbocycles. The van der Waals surface area contributed by atoms with Crippen LogP contribution < -0.4 is 4.90 Å². The Morgan fingerprint density at radius 3 is 1.81 bits per heavy atom. The predicted octanol–water partition coefficient (Wildman–Crippen LogP) is 11.9. The Morgan fingerprint density at radius 2 is 1.23 bits per heavy atom. The van der Waals surface area contributed by atoms with Gasteiger partial charge in [0.1, 0.15) is 19.1 Å². The van der Waals surface area contributed by atoms with E-state index in [1.165, 1.54) is 5.56 Å². The molecule has 0 atom stereocenters. The molecule has 0 unspecified atom stereocenters. The first-order chi connectivity index (χ1) is 30.0. The van der Waals surface area contributed by atoms with Gasteiger partial charge in [-0.15, -0.1) is 0 Å². The van der Waals surface area contributed by atoms with Crippen molar-refractivity contribution in [3.63, 3.8) is 0 Å². The summed E-state index contributed by atoms with van der Waals surface area (Å²) < 4.78 is 7.58. The highest BCUT2D eigenvalue weighted by molar-refractivity contribution is 6.20. The van der Waals surface area contributed by atoms with Crippen molar-refractivity contribution >= 4 is 78.2 Å². The summed E-state index contributed by atoms with van der Waals surface area (Å²) in [5.74, 6) is -0.860. The van der Waals surface area contributed by atoms with Gasteiger partial charge in [-0.3, -0.25) is 9.59 Å². The zero-order valence-corrected chi connectivity index (χ0v) is 35.7. The standard InChI is InChI=1S/C55H47N3O4/c1-35(52-54(2,3)48-43-23-13-9-19-39(43)41-21-11-15-25-45(41)50(48)57(52)28-27-47(60)61)31-37(36-17-7-6-8-18-36)32-38(33-56)53-55(4,5)49-44-24-14-10-20-40(44)42-22-12-16-26-46(42)51(49)58(53)29-30-62-34-59/h6-26,31-32,34H,27-30H2,1-5H3/p+1. The lowest BCUT2D eigenvalue weighted by atomic mass is 9.75. The third kappa shape index (κ3) is 6.37. The van der Waals surface area contributed by atoms with Crippen molar-refractivity contribution in [3.8, 4) is 6.07 Å². The van der Waals surface area contributed by atoms with Crippen LogP contribution in [0.15, 0.2) is 156 Å². The Balaban J connectivity index is 1.31. The minimum atomic E-state index is -0.860. The van der Waals surface area contributed by atoms with Gasteiger partial charge in [-0.25, -0.2) is 0 Å². The van der Waals surface area contributed by atoms with E-state index < -0.39 is 16.8 Å². The summed E-state index contributed by atoms with van der Waals surface area (Å²) >= 11 is 0. The van der Waals surface area contributed by atoms with Gasteiger partial charge in [0.2, 0.25) is 5.69 Å². The molecule has 2 aliphatic rings. The summed E-state index contributed by atoms with van der Waals surface area (Å²) in [4.78, 5) is 26.0. The first-order valence-electron chi connectivity index (χ1n) is 21.2. The number of nitriles is 1. The molecule has 1 N–H and O–H groups in total. The predicted molar refractivity (Wildman–Crippen MR) is 251 cm³/mol. The SMILES string of the molecule is C\C(=C/C(=C/C(C#N)=C1\N(CCOC=O)c2c(c3ccccc3c3ccccc23)C1(C)C)c1ccccc1)C1=[N+](CCC(=O)O)c2c(c3ccccc3c3ccccc23)C1(C)C. The van der Waals surface area contributed by atoms with Crippen LogP contribution in [0.3, 0.4) is 0 Å². The normalized spacial score (nSPS) is 16.5. The number of hydrogen-bond donors (Lipinski definition) is 1. The molecule has 0 radical (unpaired) electrons. The molecule has 7 heteroatoms. The average Bonchev–Trinajstić information content (AvgIpc) is 3.67. The molecular weight excluding hydrogens is 767 g/mol. The zero-order chi connectivity index (χ0) is 43.3. The lowest BCUT2D eigenvalue weighted by molar-refractivity contribution is -0.435. The summed E-state index contributed by atoms with van der Waals surface area (Å²) in [7, 11) is 0. The molecule has 0 aliphatic carbocycles. The van der Waals surface area contributed by atoms with Gasteiger partial charge in [0.25, 0.3) is 6.47 Å². The highest BCUT2D eigenvalue weighted by Crippen LogP contribution is 2.55. The summed E-state index contributed by atoms with van der Waals surface area (Å²) in [5.41, 5.74) is 8.25. The number of nitrogens with zero attached hydrogens (tertiary/aromatic N) is 3. The number of carbonyl (C=O) groups excluding carboxylic acids is 1. The Bertz CT molecular complexity index is 3180. The lowest BCUT2D eigenvalue weighted by Crippen LogP contribution is -2.31. The molecule has 9 rings (SSSR count). The summed E-state index contributed by atoms with van der Waals surface area (Å²) in [6, 6.07) is 46.5. The molecule has 0 amide bonds. The van der Waals surface area contributed by atoms with Crippen LogP contribution in [-0.2, 0) is 25.2 Å². The zero-order valence-electron chi connectivity index (χ0n) is 35.7. The van der Waals surface area contributed by atoms with E-state index in [1.807, 2.05) is 30.3 Å². The molecule has 0 saturated heterocycles. The van der Waals surface area contributed by atoms with Crippen LogP contribution in [0.5, 0.6) is 0 Å². The number of rotatable bonds is 11. The van der Waals surface area contributed by atoms with Gasteiger partial charge < -0.3 is 14.7 Å². The van der Waals surface area contributed by atoms with Crippen LogP contribution in [0.1, 0.15) is 57.7 Å². The molecule has 306 valence electrons. The maximum atomic E-state index is 12.3. The fourth-order valence-corrected chi connectivity index (χ4v) is 10.7. The Hall–Kier alpha value is -7.30. The van der Waals surface area contributed by atoms with Crippen LogP contribution >= 0.6 is 0 Å². The number of ether oxygens (including phenoxy) is 1. The number of benzene rings is 7. The van der Waals surface area contributed by atoms with Crippen LogP contribution in [-0.4, -0.2) is 47.5 Å². The van der Waals surface area contributed by atoms with Gasteiger partial charge >= 0.3 is 5.97 Å². The first-order valence-corrected chi connectivity index (χ1v) is 21.2. The van der Waals surface area contributed by atoms with Crippen molar-refractivity contribution in [3.05, 3.63) is 173 Å². The van der Waals surface area contributed by atoms with Gasteiger partial charge in [-0.05, 0) is 88.0 Å². The second-order valence-corrected chi connectivity index (χ2v) is 17.3. The fourth-order valence-electron chi connectivity index (χ4n) is 10.7. The number of anilines is 1. The molecule has 2 aliphatic heterocycles. The van der Waals surface area contributed by atoms with Crippen molar-refractivity contribution < 1.29 is 24.0 Å². The topological polar surface area (TPSA) is 93.6 Å². The minimum absolute atomic E-state index is 0.0395. The first kappa shape index (κ1) is 40.1. The second kappa shape index (κ2) is 15.6. The molecular formula is C55H48N3O4+. The number of hydrogen-bond acceptors (Lipinski definition) is 5. The number of carbonyl (C=O) groups is 2. The molecule has 7 aromatic rings. The molecule has 0 bridgehead atoms. The average molecular weight is 815 g/mol. The van der Waals surface area contributed by atoms with Gasteiger partial charge in [0.05, 0.1) is 28.6 Å². The van der Waals surface area contributed by atoms with E-state index >= 15 is 0 Å². The Labute approximate surface area is 361 Å². The summed E-state index contributed by atoms with van der Waals surface area (Å²) in [5, 5.41) is 30.4. The van der Waals surface area contributed by atoms with E-state index in [0.29, 0.717) is 25.1 Å². The summed E-state index contributed by atoms with van der Waals surface area (Å²) in [6.45, 7) is 12.2. The van der Waals surface area contributed by atoms with Crippen LogP contribution in [0, 0.1) is 11.3 Å². The van der Waals surface area contributed by atoms with Crippen LogP contribution in [0.25, 0.3) is 48.7 Å². The number of allylic oxidation sites excluding steroid dienone is 6. The number of carboxylic acid groups (broad SMARTS) is 1. The molecule has 0 fully saturated rings. The fraction of sp³-hybridized carbons (Fsp3) is 0.200. The van der Waals surface area contributed by atoms with E-state index in [1.54, 1.807) is 0 Å². The molecule has 0 spiro atoms. The molecule has 62 heavy (non-hydrogen) atoms. The third-order valence-corrected chi connectivity index (χ3v) is 12.9. The highest BCUT2D eigenvalue weighted by atomic mass is 16.5. The highest BCUT2D eigenvalue weighted by Gasteiger charge is 2.49. The van der Waals surface area contributed by atoms with E-state index in [-0.39, 0.29) is 13.0 Å². The maximum Gasteiger partial charge on any atom is 0.309 e. The van der Waals surface area contributed by atoms with Gasteiger partial charge in [-0.1, -0.05) is 135 Å². The molecule has 0 aromatic heterocycles. The number of fused-ring (bicyclic) bond motifs is 12. The largest absolute Gasteiger partial charge is 0.481 e. The van der Waals surface area contributed by atoms with Crippen molar-refractivity contribution in [2.24, 2.45) is 0 Å². The van der Waals surface area contributed by atoms with Crippen LogP contribution in [0.2, 0.25) is 0 Å². The van der Waals surface area contributed by atoms with Crippen molar-refractivity contribution in [1.82, 2.24) is 0 Å². The van der Waals surface area contributed by atoms with E-state index in [9.17, 15) is 20.0 Å². The smallest absolute Gasteiger partial charge is 0.309 e. The third-order valence-electron chi connectivity index (χ3n) is 12.9. The monoisotopic (exact) mass is 814 g/mol. The Kier molecular flexibility index (Phi) is 10.1. The summed E-state index contributed by atoms with van der Waals surface area (Å²) in [6.07, 6.45) is 4.12. The molecule has 0 saturated carbocycles. The minimum Gasteiger partial charge on any atom is -0.481 e. The second-order valence-electron chi connectivity index (χ2n) is 17.3. The van der Waals surface area contributed by atoms with Gasteiger partial charge in [-0.2, -0.15) is 9.84 Å². The van der Waals surface area contributed by atoms with E-state index in [0.717, 1.165) is 88.1 Å². The van der Waals surface area contributed by atoms with Gasteiger partial charge in [0, 0.05) is 27.6 Å². The lowest BCUT2D eigenvalue weighted by Gasteiger charge is -2.28. The van der Waals surface area contributed by atoms with Crippen molar-refractivity contribution in [2.75, 3.05) is 24.6 Å². The van der Waals surface area contributed by atoms with E-state index in [4.69, 9.17) is 4.74 Å². The number of aliphatic carboxylic acids is 1. The molecule has 7 nitrogen and oxygen atoms in total. The quantitative estimate of drug-likeness (QED) is 0.0349. The Morgan fingerprint density at radius 1 is 0.710 bits per heavy atom. The van der Waals surface area contributed by atoms with Crippen molar-refractivity contribution in [1.29, 1.82) is 5.26 Å². The molecule has 2 heterocycles. The van der Waals surface area contributed by atoms with Crippen LogP contribution in [0.4, 0.5) is 11.4 Å². The van der Waals surface area contributed by atoms with Gasteiger partial charge in [0.15, 0.2) is 12.3 Å².